The van der Waals surface area contributed by atoms with Gasteiger partial charge in [0.05, 0.1) is 0 Å². The van der Waals surface area contributed by atoms with Crippen LogP contribution in [0, 0.1) is 5.92 Å². The van der Waals surface area contributed by atoms with Crippen LogP contribution in [0.1, 0.15) is 25.7 Å². The molecule has 1 aromatic carbocycles. The minimum absolute atomic E-state index is 0.584. The summed E-state index contributed by atoms with van der Waals surface area (Å²) in [5, 5.41) is 8.11. The molecule has 7 heteroatoms. The van der Waals surface area contributed by atoms with Crippen molar-refractivity contribution < 1.29 is 4.52 Å². The molecular formula is C18H24ClN5O. The van der Waals surface area contributed by atoms with E-state index in [1.165, 1.54) is 12.8 Å². The summed E-state index contributed by atoms with van der Waals surface area (Å²) < 4.78 is 5.34. The zero-order valence-corrected chi connectivity index (χ0v) is 15.5. The van der Waals surface area contributed by atoms with Crippen LogP contribution in [0.5, 0.6) is 0 Å². The number of aromatic nitrogens is 2. The third-order valence-electron chi connectivity index (χ3n) is 4.49. The molecule has 0 unspecified atom stereocenters. The Labute approximate surface area is 153 Å². The van der Waals surface area contributed by atoms with Gasteiger partial charge < -0.3 is 14.7 Å². The van der Waals surface area contributed by atoms with E-state index < -0.39 is 0 Å². The predicted octanol–water partition coefficient (Wildman–Crippen LogP) is 3.24. The fourth-order valence-corrected chi connectivity index (χ4v) is 3.03. The maximum atomic E-state index is 5.90. The standard InChI is InChI=1S/C18H24ClN5O/c1-13-8-11-24(12-9-13)18(20-2)21-10-7-16-22-17(23-25-16)14-3-5-15(19)6-4-14/h3-6,13H,7-12H2,1-2H3,(H,20,21). The van der Waals surface area contributed by atoms with Gasteiger partial charge in [-0.1, -0.05) is 23.7 Å². The van der Waals surface area contributed by atoms with Crippen molar-refractivity contribution in [1.29, 1.82) is 0 Å². The molecule has 0 amide bonds. The van der Waals surface area contributed by atoms with Crippen LogP contribution in [0.2, 0.25) is 5.02 Å². The lowest BCUT2D eigenvalue weighted by atomic mass is 10.00. The second-order valence-electron chi connectivity index (χ2n) is 6.41. The average molecular weight is 362 g/mol. The summed E-state index contributed by atoms with van der Waals surface area (Å²) in [4.78, 5) is 11.1. The second-order valence-corrected chi connectivity index (χ2v) is 6.85. The van der Waals surface area contributed by atoms with Gasteiger partial charge in [-0.3, -0.25) is 4.99 Å². The number of guanidine groups is 1. The normalized spacial score (nSPS) is 16.3. The van der Waals surface area contributed by atoms with Crippen LogP contribution in [0.4, 0.5) is 0 Å². The van der Waals surface area contributed by atoms with Crippen molar-refractivity contribution in [2.75, 3.05) is 26.7 Å². The molecule has 1 saturated heterocycles. The van der Waals surface area contributed by atoms with Crippen molar-refractivity contribution in [2.24, 2.45) is 10.9 Å². The van der Waals surface area contributed by atoms with Crippen molar-refractivity contribution in [1.82, 2.24) is 20.4 Å². The smallest absolute Gasteiger partial charge is 0.228 e. The fraction of sp³-hybridized carbons (Fsp3) is 0.500. The van der Waals surface area contributed by atoms with Crippen LogP contribution >= 0.6 is 11.6 Å². The number of hydrogen-bond donors (Lipinski definition) is 1. The van der Waals surface area contributed by atoms with Crippen LogP contribution in [-0.2, 0) is 6.42 Å². The first-order valence-corrected chi connectivity index (χ1v) is 9.07. The van der Waals surface area contributed by atoms with Gasteiger partial charge in [0.25, 0.3) is 0 Å². The lowest BCUT2D eigenvalue weighted by Gasteiger charge is -2.32. The van der Waals surface area contributed by atoms with Crippen molar-refractivity contribution >= 4 is 17.6 Å². The number of rotatable bonds is 4. The summed E-state index contributed by atoms with van der Waals surface area (Å²) in [5.74, 6) is 2.95. The van der Waals surface area contributed by atoms with E-state index in [0.29, 0.717) is 29.7 Å². The summed E-state index contributed by atoms with van der Waals surface area (Å²) in [6, 6.07) is 7.40. The van der Waals surface area contributed by atoms with E-state index in [9.17, 15) is 0 Å². The number of benzene rings is 1. The molecule has 1 N–H and O–H groups in total. The quantitative estimate of drug-likeness (QED) is 0.669. The van der Waals surface area contributed by atoms with Crippen molar-refractivity contribution in [3.8, 4) is 11.4 Å². The molecule has 0 atom stereocenters. The molecule has 25 heavy (non-hydrogen) atoms. The van der Waals surface area contributed by atoms with Gasteiger partial charge in [-0.2, -0.15) is 4.98 Å². The van der Waals surface area contributed by atoms with Crippen LogP contribution in [0.3, 0.4) is 0 Å². The Kier molecular flexibility index (Phi) is 5.91. The number of halogens is 1. The third-order valence-corrected chi connectivity index (χ3v) is 4.74. The van der Waals surface area contributed by atoms with Crippen LogP contribution in [0.25, 0.3) is 11.4 Å². The van der Waals surface area contributed by atoms with E-state index in [1.807, 2.05) is 31.3 Å². The number of piperidine rings is 1. The number of nitrogens with one attached hydrogen (secondary N) is 1. The van der Waals surface area contributed by atoms with Gasteiger partial charge in [0.1, 0.15) is 0 Å². The Hall–Kier alpha value is -2.08. The Morgan fingerprint density at radius 3 is 2.72 bits per heavy atom. The predicted molar refractivity (Wildman–Crippen MR) is 99.8 cm³/mol. The summed E-state index contributed by atoms with van der Waals surface area (Å²) in [7, 11) is 1.83. The molecule has 6 nitrogen and oxygen atoms in total. The minimum Gasteiger partial charge on any atom is -0.356 e. The van der Waals surface area contributed by atoms with Crippen LogP contribution in [-0.4, -0.2) is 47.7 Å². The Balaban J connectivity index is 1.51. The highest BCUT2D eigenvalue weighted by molar-refractivity contribution is 6.30. The number of likely N-dealkylation sites (tertiary alicyclic amines) is 1. The molecule has 0 spiro atoms. The molecule has 3 rings (SSSR count). The largest absolute Gasteiger partial charge is 0.356 e. The highest BCUT2D eigenvalue weighted by Crippen LogP contribution is 2.19. The maximum Gasteiger partial charge on any atom is 0.228 e. The molecule has 0 bridgehead atoms. The minimum atomic E-state index is 0.584. The number of aliphatic imine (C=N–C) groups is 1. The molecule has 2 aromatic rings. The summed E-state index contributed by atoms with van der Waals surface area (Å²) in [5.41, 5.74) is 0.894. The molecular weight excluding hydrogens is 338 g/mol. The molecule has 1 aliphatic rings. The van der Waals surface area contributed by atoms with E-state index in [0.717, 1.165) is 30.5 Å². The first-order valence-electron chi connectivity index (χ1n) is 8.70. The third kappa shape index (κ3) is 4.72. The first kappa shape index (κ1) is 17.7. The van der Waals surface area contributed by atoms with Gasteiger partial charge >= 0.3 is 0 Å². The van der Waals surface area contributed by atoms with E-state index in [1.54, 1.807) is 0 Å². The van der Waals surface area contributed by atoms with Gasteiger partial charge in [0.2, 0.25) is 11.7 Å². The maximum absolute atomic E-state index is 5.90. The first-order chi connectivity index (χ1) is 12.2. The van der Waals surface area contributed by atoms with Crippen molar-refractivity contribution in [3.05, 3.63) is 35.2 Å². The number of nitrogens with zero attached hydrogens (tertiary/aromatic N) is 4. The lowest BCUT2D eigenvalue weighted by Crippen LogP contribution is -2.45. The van der Waals surface area contributed by atoms with Gasteiger partial charge in [0.15, 0.2) is 5.96 Å². The van der Waals surface area contributed by atoms with Gasteiger partial charge in [-0.05, 0) is 43.0 Å². The molecule has 1 aliphatic heterocycles. The van der Waals surface area contributed by atoms with Crippen LogP contribution in [0.15, 0.2) is 33.8 Å². The van der Waals surface area contributed by atoms with Gasteiger partial charge in [-0.25, -0.2) is 0 Å². The fourth-order valence-electron chi connectivity index (χ4n) is 2.91. The van der Waals surface area contributed by atoms with Crippen molar-refractivity contribution in [3.63, 3.8) is 0 Å². The molecule has 1 fully saturated rings. The summed E-state index contributed by atoms with van der Waals surface area (Å²) >= 11 is 5.90. The van der Waals surface area contributed by atoms with Gasteiger partial charge in [0, 0.05) is 43.7 Å². The summed E-state index contributed by atoms with van der Waals surface area (Å²) in [6.07, 6.45) is 3.09. The molecule has 0 saturated carbocycles. The lowest BCUT2D eigenvalue weighted by molar-refractivity contribution is 0.273. The van der Waals surface area contributed by atoms with Crippen molar-refractivity contribution in [2.45, 2.75) is 26.2 Å². The Morgan fingerprint density at radius 2 is 2.04 bits per heavy atom. The number of hydrogen-bond acceptors (Lipinski definition) is 4. The Morgan fingerprint density at radius 1 is 1.32 bits per heavy atom. The van der Waals surface area contributed by atoms with E-state index in [-0.39, 0.29) is 0 Å². The topological polar surface area (TPSA) is 66.5 Å². The molecule has 134 valence electrons. The molecule has 2 heterocycles. The van der Waals surface area contributed by atoms with Crippen LogP contribution < -0.4 is 5.32 Å². The average Bonchev–Trinajstić information content (AvgIpc) is 3.09. The van der Waals surface area contributed by atoms with E-state index >= 15 is 0 Å². The monoisotopic (exact) mass is 361 g/mol. The molecule has 1 aromatic heterocycles. The SMILES string of the molecule is CN=C(NCCc1nc(-c2ccc(Cl)cc2)no1)N1CCC(C)CC1. The molecule has 0 aliphatic carbocycles. The van der Waals surface area contributed by atoms with E-state index in [2.05, 4.69) is 32.3 Å². The second kappa shape index (κ2) is 8.34. The zero-order valence-electron chi connectivity index (χ0n) is 14.7. The van der Waals surface area contributed by atoms with E-state index in [4.69, 9.17) is 16.1 Å². The highest BCUT2D eigenvalue weighted by Gasteiger charge is 2.18. The highest BCUT2D eigenvalue weighted by atomic mass is 35.5. The zero-order chi connectivity index (χ0) is 17.6. The van der Waals surface area contributed by atoms with Gasteiger partial charge in [-0.15, -0.1) is 0 Å². The Bertz CT molecular complexity index is 705. The summed E-state index contributed by atoms with van der Waals surface area (Å²) in [6.45, 7) is 5.13. The molecule has 0 radical (unpaired) electrons.